The zero-order valence-electron chi connectivity index (χ0n) is 4.14. The van der Waals surface area contributed by atoms with Crippen molar-refractivity contribution >= 4 is 18.4 Å². The van der Waals surface area contributed by atoms with Crippen LogP contribution in [0.1, 0.15) is 0 Å². The van der Waals surface area contributed by atoms with Crippen molar-refractivity contribution in [1.29, 1.82) is 0 Å². The van der Waals surface area contributed by atoms with E-state index in [1.165, 1.54) is 0 Å². The van der Waals surface area contributed by atoms with Gasteiger partial charge in [0.25, 0.3) is 6.47 Å². The molecular formula is C3H4O6. The third-order valence-corrected chi connectivity index (χ3v) is 0.183. The van der Waals surface area contributed by atoms with Gasteiger partial charge in [-0.15, -0.1) is 0 Å². The second kappa shape index (κ2) is 6.41. The molecule has 6 nitrogen and oxygen atoms in total. The molecular weight excluding hydrogens is 132 g/mol. The molecule has 9 heavy (non-hydrogen) atoms. The molecule has 0 saturated carbocycles. The Balaban J connectivity index is 0. The number of carbonyl (C=O) groups is 3. The molecule has 0 fully saturated rings. The van der Waals surface area contributed by atoms with Crippen molar-refractivity contribution in [3.05, 3.63) is 0 Å². The monoisotopic (exact) mass is 136 g/mol. The Morgan fingerprint density at radius 2 is 1.22 bits per heavy atom. The number of hydrogen-bond donors (Lipinski definition) is 3. The predicted octanol–water partition coefficient (Wildman–Crippen LogP) is -1.14. The Labute approximate surface area is 49.3 Å². The van der Waals surface area contributed by atoms with E-state index in [0.29, 0.717) is 0 Å². The molecule has 6 heteroatoms. The topological polar surface area (TPSA) is 112 Å². The third kappa shape index (κ3) is 21.5. The van der Waals surface area contributed by atoms with Gasteiger partial charge in [0.1, 0.15) is 0 Å². The summed E-state index contributed by atoms with van der Waals surface area (Å²) in [5, 5.41) is 21.7. The summed E-state index contributed by atoms with van der Waals surface area (Å²) in [6.45, 7) is -0.250. The van der Waals surface area contributed by atoms with Gasteiger partial charge in [0.2, 0.25) is 0 Å². The molecule has 0 bridgehead atoms. The van der Waals surface area contributed by atoms with Crippen molar-refractivity contribution in [2.75, 3.05) is 0 Å². The van der Waals surface area contributed by atoms with Crippen LogP contribution in [0.5, 0.6) is 0 Å². The van der Waals surface area contributed by atoms with E-state index in [-0.39, 0.29) is 6.47 Å². The zero-order valence-corrected chi connectivity index (χ0v) is 4.14. The van der Waals surface area contributed by atoms with Crippen LogP contribution in [-0.4, -0.2) is 33.7 Å². The molecule has 52 valence electrons. The second-order valence-corrected chi connectivity index (χ2v) is 0.716. The van der Waals surface area contributed by atoms with Gasteiger partial charge >= 0.3 is 11.9 Å². The van der Waals surface area contributed by atoms with E-state index in [0.717, 1.165) is 0 Å². The van der Waals surface area contributed by atoms with Crippen LogP contribution < -0.4 is 0 Å². The van der Waals surface area contributed by atoms with Gasteiger partial charge in [-0.2, -0.15) is 0 Å². The highest BCUT2D eigenvalue weighted by atomic mass is 16.4. The van der Waals surface area contributed by atoms with Crippen LogP contribution in [-0.2, 0) is 14.4 Å². The Kier molecular flexibility index (Phi) is 7.41. The number of rotatable bonds is 0. The van der Waals surface area contributed by atoms with Gasteiger partial charge in [0.15, 0.2) is 0 Å². The highest BCUT2D eigenvalue weighted by Gasteiger charge is 2.04. The van der Waals surface area contributed by atoms with Gasteiger partial charge in [0.05, 0.1) is 0 Å². The maximum Gasteiger partial charge on any atom is 0.414 e. The van der Waals surface area contributed by atoms with Crippen molar-refractivity contribution in [1.82, 2.24) is 0 Å². The summed E-state index contributed by atoms with van der Waals surface area (Å²) in [7, 11) is 0. The fourth-order valence-electron chi connectivity index (χ4n) is 0. The first-order chi connectivity index (χ1) is 4.06. The number of hydrogen-bond acceptors (Lipinski definition) is 3. The molecule has 0 amide bonds. The average molecular weight is 136 g/mol. The lowest BCUT2D eigenvalue weighted by atomic mass is 10.7. The van der Waals surface area contributed by atoms with Crippen LogP contribution in [0, 0.1) is 0 Å². The lowest BCUT2D eigenvalue weighted by molar-refractivity contribution is -0.159. The van der Waals surface area contributed by atoms with Gasteiger partial charge in [-0.1, -0.05) is 0 Å². The Morgan fingerprint density at radius 1 is 1.11 bits per heavy atom. The van der Waals surface area contributed by atoms with Gasteiger partial charge in [0, 0.05) is 0 Å². The normalized spacial score (nSPS) is 6.22. The molecule has 0 radical (unpaired) electrons. The molecule has 0 heterocycles. The van der Waals surface area contributed by atoms with E-state index in [1.807, 2.05) is 0 Å². The predicted molar refractivity (Wildman–Crippen MR) is 24.0 cm³/mol. The van der Waals surface area contributed by atoms with Crippen molar-refractivity contribution in [3.8, 4) is 0 Å². The molecule has 0 rings (SSSR count). The minimum absolute atomic E-state index is 0.250. The quantitative estimate of drug-likeness (QED) is 0.286. The molecule has 0 aliphatic carbocycles. The molecule has 0 aliphatic rings. The molecule has 0 aromatic heterocycles. The van der Waals surface area contributed by atoms with Crippen molar-refractivity contribution in [2.45, 2.75) is 0 Å². The second-order valence-electron chi connectivity index (χ2n) is 0.716. The highest BCUT2D eigenvalue weighted by Crippen LogP contribution is 1.56. The summed E-state index contributed by atoms with van der Waals surface area (Å²) >= 11 is 0. The minimum atomic E-state index is -1.82. The van der Waals surface area contributed by atoms with Crippen LogP contribution in [0.15, 0.2) is 0 Å². The molecule has 0 unspecified atom stereocenters. The minimum Gasteiger partial charge on any atom is -0.483 e. The van der Waals surface area contributed by atoms with E-state index < -0.39 is 11.9 Å². The van der Waals surface area contributed by atoms with Gasteiger partial charge in [-0.3, -0.25) is 4.79 Å². The molecule has 0 saturated heterocycles. The fraction of sp³-hybridized carbons (Fsp3) is 0. The third-order valence-electron chi connectivity index (χ3n) is 0.183. The fourth-order valence-corrected chi connectivity index (χ4v) is 0. The maximum absolute atomic E-state index is 9.10. The van der Waals surface area contributed by atoms with E-state index in [9.17, 15) is 0 Å². The Hall–Kier alpha value is -1.59. The SMILES string of the molecule is O=C(O)C(=O)O.O=CO. The van der Waals surface area contributed by atoms with Crippen LogP contribution in [0.4, 0.5) is 0 Å². The summed E-state index contributed by atoms with van der Waals surface area (Å²) in [5.74, 6) is -3.65. The lowest BCUT2D eigenvalue weighted by Gasteiger charge is -1.72. The summed E-state index contributed by atoms with van der Waals surface area (Å²) in [6, 6.07) is 0. The maximum atomic E-state index is 9.10. The average Bonchev–Trinajstić information content (AvgIpc) is 1.68. The summed E-state index contributed by atoms with van der Waals surface area (Å²) in [5.41, 5.74) is 0. The summed E-state index contributed by atoms with van der Waals surface area (Å²) in [4.78, 5) is 26.6. The Morgan fingerprint density at radius 3 is 1.22 bits per heavy atom. The molecule has 0 spiro atoms. The summed E-state index contributed by atoms with van der Waals surface area (Å²) in [6.07, 6.45) is 0. The molecule has 0 atom stereocenters. The van der Waals surface area contributed by atoms with E-state index >= 15 is 0 Å². The molecule has 3 N–H and O–H groups in total. The van der Waals surface area contributed by atoms with E-state index in [4.69, 9.17) is 29.7 Å². The smallest absolute Gasteiger partial charge is 0.414 e. The molecule has 0 aliphatic heterocycles. The first-order valence-electron chi connectivity index (χ1n) is 1.60. The van der Waals surface area contributed by atoms with Crippen LogP contribution in [0.2, 0.25) is 0 Å². The molecule has 0 aromatic carbocycles. The van der Waals surface area contributed by atoms with Crippen molar-refractivity contribution in [3.63, 3.8) is 0 Å². The largest absolute Gasteiger partial charge is 0.483 e. The van der Waals surface area contributed by atoms with E-state index in [2.05, 4.69) is 0 Å². The highest BCUT2D eigenvalue weighted by molar-refractivity contribution is 6.27. The lowest BCUT2D eigenvalue weighted by Crippen LogP contribution is -2.09. The molecule has 0 aromatic rings. The van der Waals surface area contributed by atoms with Gasteiger partial charge in [-0.05, 0) is 0 Å². The standard InChI is InChI=1S/C2H2O4.CH2O2/c3-1(4)2(5)6;2-1-3/h(H,3,4)(H,5,6);1H,(H,2,3). The van der Waals surface area contributed by atoms with Crippen LogP contribution >= 0.6 is 0 Å². The van der Waals surface area contributed by atoms with Crippen LogP contribution in [0.3, 0.4) is 0 Å². The number of carboxylic acid groups (broad SMARTS) is 3. The number of carboxylic acids is 2. The zero-order chi connectivity index (χ0) is 7.86. The Bertz CT molecular complexity index is 103. The van der Waals surface area contributed by atoms with Crippen molar-refractivity contribution < 1.29 is 29.7 Å². The van der Waals surface area contributed by atoms with E-state index in [1.54, 1.807) is 0 Å². The first kappa shape index (κ1) is 10.4. The van der Waals surface area contributed by atoms with Crippen molar-refractivity contribution in [2.24, 2.45) is 0 Å². The van der Waals surface area contributed by atoms with Gasteiger partial charge < -0.3 is 15.3 Å². The number of aliphatic carboxylic acids is 2. The van der Waals surface area contributed by atoms with Crippen LogP contribution in [0.25, 0.3) is 0 Å². The summed E-state index contributed by atoms with van der Waals surface area (Å²) < 4.78 is 0. The first-order valence-corrected chi connectivity index (χ1v) is 1.60. The van der Waals surface area contributed by atoms with Gasteiger partial charge in [-0.25, -0.2) is 9.59 Å².